The Morgan fingerprint density at radius 3 is 2.36 bits per heavy atom. The van der Waals surface area contributed by atoms with Crippen molar-refractivity contribution in [2.24, 2.45) is 5.92 Å². The van der Waals surface area contributed by atoms with Crippen LogP contribution in [-0.2, 0) is 14.4 Å². The Morgan fingerprint density at radius 1 is 1.16 bits per heavy atom. The van der Waals surface area contributed by atoms with Crippen molar-refractivity contribution >= 4 is 47.6 Å². The molecular weight excluding hydrogens is 632 g/mol. The Balaban J connectivity index is 1.98. The van der Waals surface area contributed by atoms with Crippen molar-refractivity contribution in [3.8, 4) is 5.75 Å². The molecule has 2 N–H and O–H groups in total. The lowest BCUT2D eigenvalue weighted by atomic mass is 9.99. The summed E-state index contributed by atoms with van der Waals surface area (Å²) in [4.78, 5) is 28.5. The molecule has 3 amide bonds. The number of sulfonamides is 1. The largest absolute Gasteiger partial charge is 0.488 e. The molecule has 0 spiro atoms. The zero-order chi connectivity index (χ0) is 33.9. The van der Waals surface area contributed by atoms with E-state index in [2.05, 4.69) is 44.5 Å². The Bertz CT molecular complexity index is 1460. The van der Waals surface area contributed by atoms with Gasteiger partial charge in [0.2, 0.25) is 10.0 Å². The number of nitrogens with zero attached hydrogens (tertiary/aromatic N) is 2. The van der Waals surface area contributed by atoms with E-state index >= 15 is 0 Å². The Labute approximate surface area is 275 Å². The monoisotopic (exact) mass is 680 g/mol. The molecule has 0 unspecified atom stereocenters. The summed E-state index contributed by atoms with van der Waals surface area (Å²) in [6.45, 7) is 19.2. The fraction of sp³-hybridized carbons (Fsp3) is 0.562. The molecule has 13 heteroatoms. The number of carbonyl (C=O) groups is 2. The number of urea groups is 1. The van der Waals surface area contributed by atoms with Crippen molar-refractivity contribution in [2.45, 2.75) is 89.7 Å². The van der Waals surface area contributed by atoms with Crippen LogP contribution in [0, 0.1) is 5.92 Å². The van der Waals surface area contributed by atoms with Crippen LogP contribution in [0.15, 0.2) is 47.4 Å². The van der Waals surface area contributed by atoms with Crippen molar-refractivity contribution in [1.29, 1.82) is 0 Å². The number of carbonyl (C=O) groups excluding carboxylic acids is 2. The molecule has 0 bridgehead atoms. The van der Waals surface area contributed by atoms with Gasteiger partial charge in [0.05, 0.1) is 29.7 Å². The average Bonchev–Trinajstić information content (AvgIpc) is 2.93. The van der Waals surface area contributed by atoms with E-state index in [0.717, 1.165) is 0 Å². The lowest BCUT2D eigenvalue weighted by Gasteiger charge is -2.41. The second-order valence-electron chi connectivity index (χ2n) is 13.7. The first-order valence-corrected chi connectivity index (χ1v) is 20.0. The number of amides is 3. The van der Waals surface area contributed by atoms with Crippen LogP contribution < -0.4 is 15.4 Å². The summed E-state index contributed by atoms with van der Waals surface area (Å²) in [5.41, 5.74) is 0.707. The number of anilines is 1. The van der Waals surface area contributed by atoms with Crippen LogP contribution in [-0.4, -0.2) is 82.8 Å². The molecular formula is C32H49ClN4O6SSi. The molecule has 1 heterocycles. The molecule has 1 aliphatic rings. The van der Waals surface area contributed by atoms with E-state index in [1.54, 1.807) is 23.1 Å². The predicted molar refractivity (Wildman–Crippen MR) is 182 cm³/mol. The molecule has 0 aliphatic carbocycles. The van der Waals surface area contributed by atoms with Gasteiger partial charge in [-0.2, -0.15) is 4.31 Å². The molecule has 3 atom stereocenters. The fourth-order valence-corrected chi connectivity index (χ4v) is 7.02. The van der Waals surface area contributed by atoms with E-state index < -0.39 is 30.5 Å². The van der Waals surface area contributed by atoms with Gasteiger partial charge in [0, 0.05) is 36.3 Å². The van der Waals surface area contributed by atoms with Crippen LogP contribution in [0.4, 0.5) is 10.5 Å². The second-order valence-corrected chi connectivity index (χ2v) is 21.0. The SMILES string of the molecule is CC(C)NC(=O)Nc1ccc2c(c1)C(=O)N([C@H](C)CO[Si](C)(C)C(C)(C)C)C[C@@H](C)[C@H](CN(C)S(=O)(=O)c1ccc(Cl)cc1)O2. The molecule has 0 saturated carbocycles. The zero-order valence-corrected chi connectivity index (χ0v) is 30.7. The third kappa shape index (κ3) is 9.22. The number of benzene rings is 2. The van der Waals surface area contributed by atoms with Crippen molar-refractivity contribution in [2.75, 3.05) is 32.1 Å². The van der Waals surface area contributed by atoms with E-state index in [-0.39, 0.29) is 46.0 Å². The minimum absolute atomic E-state index is 0.00309. The summed E-state index contributed by atoms with van der Waals surface area (Å²) in [6.07, 6.45) is -0.594. The van der Waals surface area contributed by atoms with E-state index in [1.165, 1.54) is 35.6 Å². The third-order valence-corrected chi connectivity index (χ3v) is 15.1. The number of hydrogen-bond donors (Lipinski definition) is 2. The van der Waals surface area contributed by atoms with E-state index in [0.29, 0.717) is 29.6 Å². The molecule has 3 rings (SSSR count). The van der Waals surface area contributed by atoms with Gasteiger partial charge in [-0.15, -0.1) is 0 Å². The van der Waals surface area contributed by atoms with Gasteiger partial charge in [-0.05, 0) is 81.4 Å². The number of rotatable bonds is 10. The zero-order valence-electron chi connectivity index (χ0n) is 28.1. The van der Waals surface area contributed by atoms with Gasteiger partial charge in [0.25, 0.3) is 5.91 Å². The summed E-state index contributed by atoms with van der Waals surface area (Å²) in [6, 6.07) is 10.2. The van der Waals surface area contributed by atoms with Crippen LogP contribution in [0.1, 0.15) is 58.8 Å². The highest BCUT2D eigenvalue weighted by Gasteiger charge is 2.39. The normalized spacial score (nSPS) is 18.6. The molecule has 0 radical (unpaired) electrons. The van der Waals surface area contributed by atoms with Crippen LogP contribution in [0.25, 0.3) is 0 Å². The first-order valence-electron chi connectivity index (χ1n) is 15.3. The summed E-state index contributed by atoms with van der Waals surface area (Å²) < 4.78 is 41.1. The highest BCUT2D eigenvalue weighted by molar-refractivity contribution is 7.89. The average molecular weight is 681 g/mol. The van der Waals surface area contributed by atoms with Gasteiger partial charge >= 0.3 is 6.03 Å². The fourth-order valence-electron chi connectivity index (χ4n) is 4.62. The molecule has 250 valence electrons. The maximum atomic E-state index is 14.2. The van der Waals surface area contributed by atoms with Crippen molar-refractivity contribution < 1.29 is 27.2 Å². The lowest BCUT2D eigenvalue weighted by Crippen LogP contribution is -2.52. The summed E-state index contributed by atoms with van der Waals surface area (Å²) >= 11 is 5.98. The molecule has 0 aromatic heterocycles. The van der Waals surface area contributed by atoms with Crippen LogP contribution in [0.3, 0.4) is 0 Å². The summed E-state index contributed by atoms with van der Waals surface area (Å²) in [7, 11) is -4.43. The van der Waals surface area contributed by atoms with Crippen LogP contribution >= 0.6 is 11.6 Å². The van der Waals surface area contributed by atoms with Crippen molar-refractivity contribution in [1.82, 2.24) is 14.5 Å². The van der Waals surface area contributed by atoms with Gasteiger partial charge in [-0.3, -0.25) is 4.79 Å². The van der Waals surface area contributed by atoms with Gasteiger partial charge in [-0.25, -0.2) is 13.2 Å². The van der Waals surface area contributed by atoms with E-state index in [1.807, 2.05) is 27.7 Å². The highest BCUT2D eigenvalue weighted by atomic mass is 35.5. The first kappa shape index (κ1) is 36.8. The molecule has 2 aromatic carbocycles. The predicted octanol–water partition coefficient (Wildman–Crippen LogP) is 6.44. The number of hydrogen-bond acceptors (Lipinski definition) is 6. The van der Waals surface area contributed by atoms with E-state index in [9.17, 15) is 18.0 Å². The Morgan fingerprint density at radius 2 is 1.78 bits per heavy atom. The number of halogens is 1. The number of ether oxygens (including phenoxy) is 1. The molecule has 0 saturated heterocycles. The number of fused-ring (bicyclic) bond motifs is 1. The quantitative estimate of drug-likeness (QED) is 0.279. The summed E-state index contributed by atoms with van der Waals surface area (Å²) in [5, 5.41) is 6.01. The highest BCUT2D eigenvalue weighted by Crippen LogP contribution is 2.37. The van der Waals surface area contributed by atoms with Crippen LogP contribution in [0.5, 0.6) is 5.75 Å². The molecule has 10 nitrogen and oxygen atoms in total. The minimum Gasteiger partial charge on any atom is -0.488 e. The first-order chi connectivity index (χ1) is 20.7. The molecule has 2 aromatic rings. The molecule has 0 fully saturated rings. The van der Waals surface area contributed by atoms with Gasteiger partial charge < -0.3 is 24.7 Å². The maximum absolute atomic E-state index is 14.2. The van der Waals surface area contributed by atoms with E-state index in [4.69, 9.17) is 20.8 Å². The van der Waals surface area contributed by atoms with Crippen molar-refractivity contribution in [3.63, 3.8) is 0 Å². The molecule has 45 heavy (non-hydrogen) atoms. The minimum atomic E-state index is -3.84. The smallest absolute Gasteiger partial charge is 0.319 e. The number of likely N-dealkylation sites (N-methyl/N-ethyl adjacent to an activating group) is 1. The second kappa shape index (κ2) is 14.4. The standard InChI is InChI=1S/C32H49ClN4O6SSi/c1-21(2)34-31(39)35-25-13-16-28-27(17-25)30(38)37(23(4)20-42-45(9,10)32(5,6)7)18-22(3)29(43-28)19-36(8)44(40,41)26-14-11-24(33)12-15-26/h11-17,21-23,29H,18-20H2,1-10H3,(H2,34,35,39)/t22-,23-,29+/m1/s1. The summed E-state index contributed by atoms with van der Waals surface area (Å²) in [5.74, 6) is -0.183. The Hall–Kier alpha value is -2.64. The topological polar surface area (TPSA) is 117 Å². The number of nitrogens with one attached hydrogen (secondary N) is 2. The third-order valence-electron chi connectivity index (χ3n) is 8.53. The maximum Gasteiger partial charge on any atom is 0.319 e. The van der Waals surface area contributed by atoms with Gasteiger partial charge in [-0.1, -0.05) is 39.3 Å². The lowest BCUT2D eigenvalue weighted by molar-refractivity contribution is 0.0395. The van der Waals surface area contributed by atoms with Gasteiger partial charge in [0.1, 0.15) is 11.9 Å². The van der Waals surface area contributed by atoms with Gasteiger partial charge in [0.15, 0.2) is 8.32 Å². The molecule has 1 aliphatic heterocycles. The van der Waals surface area contributed by atoms with Crippen LogP contribution in [0.2, 0.25) is 23.2 Å². The van der Waals surface area contributed by atoms with Crippen molar-refractivity contribution in [3.05, 3.63) is 53.1 Å². The Kier molecular flexibility index (Phi) is 11.8.